The highest BCUT2D eigenvalue weighted by Gasteiger charge is 2.19. The number of aliphatic hydroxyl groups is 1. The molecule has 0 atom stereocenters. The van der Waals surface area contributed by atoms with Gasteiger partial charge in [-0.2, -0.15) is 21.6 Å². The van der Waals surface area contributed by atoms with Gasteiger partial charge in [-0.05, 0) is 36.7 Å². The third-order valence-electron chi connectivity index (χ3n) is 5.76. The number of thiophene rings is 1. The first-order valence-electron chi connectivity index (χ1n) is 11.3. The minimum Gasteiger partial charge on any atom is -0.392 e. The number of likely N-dealkylation sites (N-methyl/N-ethyl adjacent to an activating group) is 1. The molecule has 0 spiro atoms. The molecule has 0 radical (unpaired) electrons. The summed E-state index contributed by atoms with van der Waals surface area (Å²) in [5.41, 5.74) is 6.86. The number of rotatable bonds is 10. The summed E-state index contributed by atoms with van der Waals surface area (Å²) in [4.78, 5) is 25.2. The summed E-state index contributed by atoms with van der Waals surface area (Å²) in [5, 5.41) is 27.7. The number of carbonyl (C=O) groups excluding carboxylic acids is 1. The molecular formula is C24H28N8O2S. The lowest BCUT2D eigenvalue weighted by Gasteiger charge is -2.35. The maximum absolute atomic E-state index is 11.8. The summed E-state index contributed by atoms with van der Waals surface area (Å²) in [5.74, 6) is 0.689. The van der Waals surface area contributed by atoms with Crippen molar-refractivity contribution in [3.05, 3.63) is 52.3 Å². The van der Waals surface area contributed by atoms with Crippen LogP contribution < -0.4 is 20.7 Å². The lowest BCUT2D eigenvalue weighted by molar-refractivity contribution is 0.112. The van der Waals surface area contributed by atoms with Gasteiger partial charge in [0, 0.05) is 67.7 Å². The molecule has 35 heavy (non-hydrogen) atoms. The van der Waals surface area contributed by atoms with Crippen molar-refractivity contribution in [3.8, 4) is 6.07 Å². The van der Waals surface area contributed by atoms with E-state index in [-0.39, 0.29) is 6.61 Å². The Morgan fingerprint density at radius 3 is 2.80 bits per heavy atom. The molecule has 4 rings (SSSR count). The van der Waals surface area contributed by atoms with Crippen molar-refractivity contribution in [1.29, 1.82) is 5.26 Å². The van der Waals surface area contributed by atoms with Gasteiger partial charge in [-0.3, -0.25) is 9.80 Å². The zero-order valence-electron chi connectivity index (χ0n) is 19.5. The number of benzene rings is 1. The number of anilines is 5. The second kappa shape index (κ2) is 11.7. The van der Waals surface area contributed by atoms with Crippen molar-refractivity contribution in [1.82, 2.24) is 20.3 Å². The highest BCUT2D eigenvalue weighted by molar-refractivity contribution is 7.08. The Morgan fingerprint density at radius 1 is 1.29 bits per heavy atom. The highest BCUT2D eigenvalue weighted by Crippen LogP contribution is 2.29. The Balaban J connectivity index is 1.59. The monoisotopic (exact) mass is 492 g/mol. The summed E-state index contributed by atoms with van der Waals surface area (Å²) in [6.45, 7) is 4.09. The standard InChI is InChI=1S/C24H28N8O2S/c1-30-8-10-31(11-9-30)22-4-3-20(13-18(22)15-33)28-24-26-14-19(16-34)23(29-24)32(27-7-2-6-25)21-5-12-35-17-21/h3-5,12-14,16-17,27,33H,2,7-11,15H2,1H3,(H,26,28,29). The fourth-order valence-electron chi connectivity index (χ4n) is 3.88. The molecule has 0 saturated carbocycles. The summed E-state index contributed by atoms with van der Waals surface area (Å²) in [6.07, 6.45) is 2.48. The second-order valence-electron chi connectivity index (χ2n) is 8.14. The Labute approximate surface area is 208 Å². The van der Waals surface area contributed by atoms with E-state index < -0.39 is 0 Å². The van der Waals surface area contributed by atoms with Crippen LogP contribution in [0.1, 0.15) is 22.3 Å². The van der Waals surface area contributed by atoms with Crippen LogP contribution in [0.2, 0.25) is 0 Å². The maximum Gasteiger partial charge on any atom is 0.229 e. The van der Waals surface area contributed by atoms with Gasteiger partial charge in [0.1, 0.15) is 0 Å². The number of aliphatic hydroxyl groups excluding tert-OH is 1. The molecular weight excluding hydrogens is 464 g/mol. The Bertz CT molecular complexity index is 1170. The van der Waals surface area contributed by atoms with Gasteiger partial charge in [0.15, 0.2) is 12.1 Å². The number of hydrazine groups is 1. The Kier molecular flexibility index (Phi) is 8.23. The van der Waals surface area contributed by atoms with Crippen LogP contribution >= 0.6 is 11.3 Å². The number of piperazine rings is 1. The number of aromatic nitrogens is 2. The molecule has 10 nitrogen and oxygen atoms in total. The largest absolute Gasteiger partial charge is 0.392 e. The Hall–Kier alpha value is -3.56. The molecule has 1 fully saturated rings. The van der Waals surface area contributed by atoms with Crippen molar-refractivity contribution in [2.45, 2.75) is 13.0 Å². The summed E-state index contributed by atoms with van der Waals surface area (Å²) in [7, 11) is 2.11. The smallest absolute Gasteiger partial charge is 0.229 e. The third kappa shape index (κ3) is 5.93. The topological polar surface area (TPSA) is 121 Å². The summed E-state index contributed by atoms with van der Waals surface area (Å²) < 4.78 is 0. The van der Waals surface area contributed by atoms with E-state index in [9.17, 15) is 9.90 Å². The quantitative estimate of drug-likeness (QED) is 0.221. The maximum atomic E-state index is 11.8. The molecule has 3 aromatic rings. The van der Waals surface area contributed by atoms with Gasteiger partial charge in [0.25, 0.3) is 0 Å². The van der Waals surface area contributed by atoms with Gasteiger partial charge < -0.3 is 20.2 Å². The fourth-order valence-corrected chi connectivity index (χ4v) is 4.50. The number of nitrogens with zero attached hydrogens (tertiary/aromatic N) is 6. The lowest BCUT2D eigenvalue weighted by Crippen LogP contribution is -2.44. The third-order valence-corrected chi connectivity index (χ3v) is 6.43. The number of nitriles is 1. The molecule has 0 aliphatic carbocycles. The normalized spacial score (nSPS) is 13.9. The van der Waals surface area contributed by atoms with Crippen LogP contribution in [-0.4, -0.2) is 66.0 Å². The number of hydrogen-bond acceptors (Lipinski definition) is 11. The molecule has 1 aliphatic rings. The predicted octanol–water partition coefficient (Wildman–Crippen LogP) is 2.89. The van der Waals surface area contributed by atoms with E-state index in [1.165, 1.54) is 17.5 Å². The Morgan fingerprint density at radius 2 is 2.11 bits per heavy atom. The fraction of sp³-hybridized carbons (Fsp3) is 0.333. The van der Waals surface area contributed by atoms with Crippen molar-refractivity contribution in [2.24, 2.45) is 0 Å². The van der Waals surface area contributed by atoms with E-state index in [0.717, 1.165) is 48.8 Å². The molecule has 0 unspecified atom stereocenters. The van der Waals surface area contributed by atoms with Crippen molar-refractivity contribution in [2.75, 3.05) is 55.0 Å². The van der Waals surface area contributed by atoms with Crippen LogP contribution in [-0.2, 0) is 6.61 Å². The van der Waals surface area contributed by atoms with Crippen LogP contribution in [0.4, 0.5) is 28.8 Å². The number of nitrogens with one attached hydrogen (secondary N) is 2. The van der Waals surface area contributed by atoms with E-state index in [1.54, 1.807) is 5.01 Å². The summed E-state index contributed by atoms with van der Waals surface area (Å²) in [6, 6.07) is 9.84. The first-order valence-corrected chi connectivity index (χ1v) is 12.3. The summed E-state index contributed by atoms with van der Waals surface area (Å²) >= 11 is 1.51. The molecule has 182 valence electrons. The van der Waals surface area contributed by atoms with Crippen LogP contribution in [0.5, 0.6) is 0 Å². The molecule has 3 N–H and O–H groups in total. The van der Waals surface area contributed by atoms with Crippen molar-refractivity contribution >= 4 is 46.5 Å². The van der Waals surface area contributed by atoms with Gasteiger partial charge in [0.05, 0.1) is 23.9 Å². The van der Waals surface area contributed by atoms with E-state index in [0.29, 0.717) is 36.6 Å². The van der Waals surface area contributed by atoms with Crippen molar-refractivity contribution < 1.29 is 9.90 Å². The molecule has 0 bridgehead atoms. The molecule has 2 aromatic heterocycles. The zero-order chi connectivity index (χ0) is 24.6. The highest BCUT2D eigenvalue weighted by atomic mass is 32.1. The SMILES string of the molecule is CN1CCN(c2ccc(Nc3ncc(C=O)c(N(NCCC#N)c4ccsc4)n3)cc2CO)CC1. The van der Waals surface area contributed by atoms with E-state index in [1.807, 2.05) is 35.0 Å². The van der Waals surface area contributed by atoms with Crippen molar-refractivity contribution in [3.63, 3.8) is 0 Å². The first-order chi connectivity index (χ1) is 17.1. The molecule has 3 heterocycles. The van der Waals surface area contributed by atoms with E-state index in [2.05, 4.69) is 43.6 Å². The molecule has 1 aliphatic heterocycles. The average molecular weight is 493 g/mol. The number of aldehydes is 1. The number of carbonyl (C=O) groups is 1. The minimum absolute atomic E-state index is 0.0812. The predicted molar refractivity (Wildman–Crippen MR) is 137 cm³/mol. The van der Waals surface area contributed by atoms with E-state index >= 15 is 0 Å². The van der Waals surface area contributed by atoms with Gasteiger partial charge >= 0.3 is 0 Å². The minimum atomic E-state index is -0.0812. The molecule has 11 heteroatoms. The molecule has 1 saturated heterocycles. The van der Waals surface area contributed by atoms with Gasteiger partial charge in [-0.15, -0.1) is 0 Å². The van der Waals surface area contributed by atoms with Crippen LogP contribution in [0, 0.1) is 11.3 Å². The van der Waals surface area contributed by atoms with Gasteiger partial charge in [-0.25, -0.2) is 10.4 Å². The van der Waals surface area contributed by atoms with E-state index in [4.69, 9.17) is 5.26 Å². The van der Waals surface area contributed by atoms with Gasteiger partial charge in [-0.1, -0.05) is 0 Å². The molecule has 0 amide bonds. The first kappa shape index (κ1) is 24.6. The molecule has 1 aromatic carbocycles. The number of hydrogen-bond donors (Lipinski definition) is 3. The lowest BCUT2D eigenvalue weighted by atomic mass is 10.1. The second-order valence-corrected chi connectivity index (χ2v) is 8.92. The van der Waals surface area contributed by atoms with Gasteiger partial charge in [0.2, 0.25) is 5.95 Å². The van der Waals surface area contributed by atoms with Crippen LogP contribution in [0.25, 0.3) is 0 Å². The zero-order valence-corrected chi connectivity index (χ0v) is 20.3. The van der Waals surface area contributed by atoms with Crippen LogP contribution in [0.15, 0.2) is 41.2 Å². The van der Waals surface area contributed by atoms with Crippen LogP contribution in [0.3, 0.4) is 0 Å². The average Bonchev–Trinajstić information content (AvgIpc) is 3.42.